The number of halogens is 3. The highest BCUT2D eigenvalue weighted by Crippen LogP contribution is 2.38. The number of ketones is 1. The smallest absolute Gasteiger partial charge is 0.406 e. The highest BCUT2D eigenvalue weighted by Gasteiger charge is 2.36. The van der Waals surface area contributed by atoms with Gasteiger partial charge in [0.05, 0.1) is 5.57 Å². The molecule has 0 bridgehead atoms. The molecule has 0 saturated heterocycles. The van der Waals surface area contributed by atoms with E-state index in [2.05, 4.69) is 14.7 Å². The summed E-state index contributed by atoms with van der Waals surface area (Å²) in [7, 11) is 3.59. The molecule has 1 aliphatic carbocycles. The average molecular weight is 399 g/mol. The molecular formula is C21H16F3N3O2. The lowest BCUT2D eigenvalue weighted by Crippen LogP contribution is -2.21. The fraction of sp³-hybridized carbons (Fsp3) is 0.190. The molecule has 0 unspecified atom stereocenters. The number of carbonyl (C=O) groups excluding carboxylic acids is 1. The summed E-state index contributed by atoms with van der Waals surface area (Å²) in [5, 5.41) is 0. The van der Waals surface area contributed by atoms with Crippen molar-refractivity contribution in [3.05, 3.63) is 70.4 Å². The van der Waals surface area contributed by atoms with Gasteiger partial charge in [0.2, 0.25) is 5.96 Å². The minimum atomic E-state index is -4.79. The van der Waals surface area contributed by atoms with Gasteiger partial charge in [-0.15, -0.1) is 13.2 Å². The lowest BCUT2D eigenvalue weighted by molar-refractivity contribution is -0.274. The van der Waals surface area contributed by atoms with Crippen LogP contribution in [-0.2, 0) is 0 Å². The molecule has 148 valence electrons. The third-order valence-corrected chi connectivity index (χ3v) is 4.64. The van der Waals surface area contributed by atoms with Crippen molar-refractivity contribution < 1.29 is 22.7 Å². The highest BCUT2D eigenvalue weighted by atomic mass is 19.4. The molecule has 0 atom stereocenters. The molecule has 0 saturated carbocycles. The Balaban J connectivity index is 1.90. The van der Waals surface area contributed by atoms with Crippen LogP contribution in [-0.4, -0.2) is 42.8 Å². The first-order chi connectivity index (χ1) is 13.7. The van der Waals surface area contributed by atoms with Crippen LogP contribution in [0.5, 0.6) is 5.75 Å². The Bertz CT molecular complexity index is 1130. The number of hydrogen-bond donors (Lipinski definition) is 0. The van der Waals surface area contributed by atoms with Gasteiger partial charge in [-0.3, -0.25) is 4.79 Å². The maximum Gasteiger partial charge on any atom is 0.573 e. The van der Waals surface area contributed by atoms with E-state index in [1.807, 2.05) is 12.1 Å². The minimum absolute atomic E-state index is 0.245. The second-order valence-electron chi connectivity index (χ2n) is 6.89. The first kappa shape index (κ1) is 18.9. The van der Waals surface area contributed by atoms with Crippen LogP contribution in [0.2, 0.25) is 0 Å². The monoisotopic (exact) mass is 399 g/mol. The molecule has 0 radical (unpaired) electrons. The number of rotatable bonds is 2. The molecule has 5 nitrogen and oxygen atoms in total. The predicted octanol–water partition coefficient (Wildman–Crippen LogP) is 4.22. The molecule has 0 fully saturated rings. The Hall–Kier alpha value is -3.42. The fourth-order valence-corrected chi connectivity index (χ4v) is 3.39. The number of allylic oxidation sites excluding steroid dienone is 2. The molecule has 4 rings (SSSR count). The summed E-state index contributed by atoms with van der Waals surface area (Å²) < 4.78 is 41.6. The number of aryl methyl sites for hydroxylation is 1. The average Bonchev–Trinajstić information content (AvgIpc) is 3.08. The molecule has 0 amide bonds. The summed E-state index contributed by atoms with van der Waals surface area (Å²) in [6.07, 6.45) is -4.79. The van der Waals surface area contributed by atoms with Crippen LogP contribution >= 0.6 is 0 Å². The molecule has 29 heavy (non-hydrogen) atoms. The van der Waals surface area contributed by atoms with E-state index in [0.29, 0.717) is 45.2 Å². The topological polar surface area (TPSA) is 54.3 Å². The third-order valence-electron chi connectivity index (χ3n) is 4.64. The summed E-state index contributed by atoms with van der Waals surface area (Å²) >= 11 is 0. The molecule has 0 N–H and O–H groups in total. The van der Waals surface area contributed by atoms with Crippen molar-refractivity contribution in [2.24, 2.45) is 9.98 Å². The number of alkyl halides is 3. The van der Waals surface area contributed by atoms with Gasteiger partial charge in [0.15, 0.2) is 5.78 Å². The molecule has 0 aromatic heterocycles. The van der Waals surface area contributed by atoms with Gasteiger partial charge in [-0.25, -0.2) is 9.98 Å². The zero-order valence-electron chi connectivity index (χ0n) is 15.8. The van der Waals surface area contributed by atoms with Crippen molar-refractivity contribution >= 4 is 23.0 Å². The van der Waals surface area contributed by atoms with Gasteiger partial charge >= 0.3 is 6.36 Å². The number of nitrogens with zero attached hydrogens (tertiary/aromatic N) is 3. The van der Waals surface area contributed by atoms with E-state index in [1.54, 1.807) is 38.1 Å². The number of ether oxygens (including phenoxy) is 1. The Kier molecular flexibility index (Phi) is 4.29. The third kappa shape index (κ3) is 3.30. The van der Waals surface area contributed by atoms with E-state index in [-0.39, 0.29) is 11.5 Å². The summed E-state index contributed by atoms with van der Waals surface area (Å²) in [5.41, 5.74) is 3.44. The summed E-state index contributed by atoms with van der Waals surface area (Å²) in [5.74, 6) is -0.136. The predicted molar refractivity (Wildman–Crippen MR) is 103 cm³/mol. The lowest BCUT2D eigenvalue weighted by Gasteiger charge is -2.20. The number of hydrogen-bond acceptors (Lipinski definition) is 5. The number of guanidine groups is 1. The fourth-order valence-electron chi connectivity index (χ4n) is 3.39. The van der Waals surface area contributed by atoms with E-state index < -0.39 is 6.36 Å². The number of fused-ring (bicyclic) bond motifs is 3. The minimum Gasteiger partial charge on any atom is -0.406 e. The summed E-state index contributed by atoms with van der Waals surface area (Å²) in [6.45, 7) is 1.63. The van der Waals surface area contributed by atoms with E-state index in [9.17, 15) is 18.0 Å². The van der Waals surface area contributed by atoms with Gasteiger partial charge in [-0.2, -0.15) is 0 Å². The zero-order valence-corrected chi connectivity index (χ0v) is 15.8. The van der Waals surface area contributed by atoms with Gasteiger partial charge in [0.1, 0.15) is 17.2 Å². The summed E-state index contributed by atoms with van der Waals surface area (Å²) in [4.78, 5) is 24.1. The molecule has 1 heterocycles. The number of carbonyl (C=O) groups is 1. The maximum atomic E-state index is 13.3. The summed E-state index contributed by atoms with van der Waals surface area (Å²) in [6, 6.07) is 11.0. The quantitative estimate of drug-likeness (QED) is 0.760. The van der Waals surface area contributed by atoms with E-state index in [0.717, 1.165) is 0 Å². The van der Waals surface area contributed by atoms with Crippen molar-refractivity contribution in [2.45, 2.75) is 13.3 Å². The molecule has 2 aromatic rings. The Morgan fingerprint density at radius 1 is 0.966 bits per heavy atom. The molecule has 2 aliphatic rings. The zero-order chi connectivity index (χ0) is 20.9. The lowest BCUT2D eigenvalue weighted by atomic mass is 9.82. The van der Waals surface area contributed by atoms with Crippen molar-refractivity contribution in [1.29, 1.82) is 0 Å². The highest BCUT2D eigenvalue weighted by molar-refractivity contribution is 6.43. The van der Waals surface area contributed by atoms with Crippen molar-refractivity contribution in [1.82, 2.24) is 4.90 Å². The van der Waals surface area contributed by atoms with Crippen LogP contribution in [0, 0.1) is 6.92 Å². The normalized spacial score (nSPS) is 15.6. The first-order valence-electron chi connectivity index (χ1n) is 8.76. The molecule has 0 spiro atoms. The first-order valence-corrected chi connectivity index (χ1v) is 8.76. The van der Waals surface area contributed by atoms with E-state index in [1.165, 1.54) is 18.2 Å². The second-order valence-corrected chi connectivity index (χ2v) is 6.89. The van der Waals surface area contributed by atoms with Crippen molar-refractivity contribution in [3.8, 4) is 5.75 Å². The van der Waals surface area contributed by atoms with Gasteiger partial charge in [-0.1, -0.05) is 30.3 Å². The second kappa shape index (κ2) is 6.58. The van der Waals surface area contributed by atoms with E-state index in [4.69, 9.17) is 0 Å². The van der Waals surface area contributed by atoms with Crippen molar-refractivity contribution in [3.63, 3.8) is 0 Å². The maximum absolute atomic E-state index is 13.3. The van der Waals surface area contributed by atoms with Gasteiger partial charge in [0, 0.05) is 25.2 Å². The largest absolute Gasteiger partial charge is 0.573 e. The number of Topliss-reactive ketones (excluding diaryl/α,β-unsaturated/α-hetero) is 1. The van der Waals surface area contributed by atoms with Gasteiger partial charge < -0.3 is 9.64 Å². The van der Waals surface area contributed by atoms with Gasteiger partial charge in [-0.05, 0) is 30.2 Å². The Labute approximate surface area is 164 Å². The molecular weight excluding hydrogens is 383 g/mol. The molecule has 8 heteroatoms. The Morgan fingerprint density at radius 3 is 2.28 bits per heavy atom. The molecule has 1 aliphatic heterocycles. The van der Waals surface area contributed by atoms with Crippen LogP contribution in [0.1, 0.15) is 27.0 Å². The number of benzene rings is 2. The Morgan fingerprint density at radius 2 is 1.66 bits per heavy atom. The van der Waals surface area contributed by atoms with Crippen molar-refractivity contribution in [2.75, 3.05) is 14.1 Å². The standard InChI is InChI=1S/C21H16F3N3O2/c1-11-10-12(29-21(22,23)24)8-9-13(11)16-18-17(25-20(26-18)27(2)3)14-6-4-5-7-15(14)19(16)28/h4-10H,1-3H3. The number of aliphatic imine (C=N–C) groups is 2. The van der Waals surface area contributed by atoms with Gasteiger partial charge in [0.25, 0.3) is 0 Å². The SMILES string of the molecule is Cc1cc(OC(F)(F)F)ccc1C1=C2N=C(N(C)C)N=C2c2ccccc2C1=O. The van der Waals surface area contributed by atoms with E-state index >= 15 is 0 Å². The van der Waals surface area contributed by atoms with Crippen LogP contribution < -0.4 is 4.74 Å². The van der Waals surface area contributed by atoms with Crippen LogP contribution in [0.3, 0.4) is 0 Å². The molecule has 2 aromatic carbocycles. The van der Waals surface area contributed by atoms with Crippen LogP contribution in [0.25, 0.3) is 5.57 Å². The van der Waals surface area contributed by atoms with Crippen LogP contribution in [0.15, 0.2) is 58.1 Å². The van der Waals surface area contributed by atoms with Crippen LogP contribution in [0.4, 0.5) is 13.2 Å².